The Kier molecular flexibility index (Phi) is 11.9. The lowest BCUT2D eigenvalue weighted by Gasteiger charge is -2.26. The summed E-state index contributed by atoms with van der Waals surface area (Å²) >= 11 is 0. The number of aryl methyl sites for hydroxylation is 2. The summed E-state index contributed by atoms with van der Waals surface area (Å²) in [6, 6.07) is 43.0. The number of hydrogen-bond acceptors (Lipinski definition) is 7. The molecule has 8 nitrogen and oxygen atoms in total. The number of nitrogens with zero attached hydrogens (tertiary/aromatic N) is 2. The SMILES string of the molecule is CCNC(=O)c1noc(-c2cc(CCc3ccccc3)c(OCc3ccccc3)cc2OCc2ccccc2)c1-c1ccc(CN2CCOCC2)cc1. The lowest BCUT2D eigenvalue weighted by Crippen LogP contribution is -2.35. The third-order valence-electron chi connectivity index (χ3n) is 9.40. The Morgan fingerprint density at radius 1 is 0.717 bits per heavy atom. The topological polar surface area (TPSA) is 86.1 Å². The molecule has 1 aliphatic rings. The largest absolute Gasteiger partial charge is 0.488 e. The van der Waals surface area contributed by atoms with Gasteiger partial charge in [0.25, 0.3) is 5.91 Å². The van der Waals surface area contributed by atoms with E-state index in [2.05, 4.69) is 70.0 Å². The van der Waals surface area contributed by atoms with Crippen LogP contribution in [0.5, 0.6) is 11.5 Å². The van der Waals surface area contributed by atoms with E-state index in [0.717, 1.165) is 67.3 Å². The lowest BCUT2D eigenvalue weighted by atomic mass is 9.95. The van der Waals surface area contributed by atoms with Gasteiger partial charge in [0.05, 0.1) is 24.3 Å². The number of carbonyl (C=O) groups excluding carboxylic acids is 1. The first-order chi connectivity index (χ1) is 26.1. The van der Waals surface area contributed by atoms with E-state index in [-0.39, 0.29) is 11.6 Å². The minimum Gasteiger partial charge on any atom is -0.488 e. The minimum absolute atomic E-state index is 0.229. The number of ether oxygens (including phenoxy) is 3. The average molecular weight is 708 g/mol. The van der Waals surface area contributed by atoms with Crippen LogP contribution in [-0.2, 0) is 37.3 Å². The number of carbonyl (C=O) groups is 1. The van der Waals surface area contributed by atoms with Crippen LogP contribution in [0, 0.1) is 0 Å². The van der Waals surface area contributed by atoms with Crippen LogP contribution >= 0.6 is 0 Å². The van der Waals surface area contributed by atoms with E-state index >= 15 is 0 Å². The Morgan fingerprint density at radius 2 is 1.32 bits per heavy atom. The van der Waals surface area contributed by atoms with Crippen LogP contribution in [0.15, 0.2) is 132 Å². The molecule has 8 heteroatoms. The molecule has 1 amide bonds. The molecule has 5 aromatic carbocycles. The second kappa shape index (κ2) is 17.7. The third-order valence-corrected chi connectivity index (χ3v) is 9.40. The molecule has 270 valence electrons. The summed E-state index contributed by atoms with van der Waals surface area (Å²) in [6.45, 7) is 7.22. The van der Waals surface area contributed by atoms with Gasteiger partial charge in [-0.05, 0) is 59.2 Å². The molecule has 0 unspecified atom stereocenters. The van der Waals surface area contributed by atoms with E-state index in [9.17, 15) is 4.79 Å². The average Bonchev–Trinajstić information content (AvgIpc) is 3.66. The standard InChI is InChI=1S/C45H45N3O5/c1-2-46-45(49)43-42(37-21-19-34(20-22-37)30-48-24-26-50-27-25-48)44(53-47-43)39-28-38(23-18-33-12-6-3-7-13-33)40(51-31-35-14-8-4-9-15-35)29-41(39)52-32-36-16-10-5-11-17-36/h3-17,19-22,28-29H,2,18,23-27,30-32H2,1H3,(H,46,49). The molecule has 0 saturated carbocycles. The number of nitrogens with one attached hydrogen (secondary N) is 1. The Balaban J connectivity index is 1.32. The van der Waals surface area contributed by atoms with Crippen LogP contribution in [-0.4, -0.2) is 48.8 Å². The molecular weight excluding hydrogens is 663 g/mol. The number of hydrogen-bond donors (Lipinski definition) is 1. The van der Waals surface area contributed by atoms with Crippen molar-refractivity contribution in [2.24, 2.45) is 0 Å². The van der Waals surface area contributed by atoms with Crippen molar-refractivity contribution in [3.63, 3.8) is 0 Å². The fourth-order valence-corrected chi connectivity index (χ4v) is 6.56. The molecule has 1 aliphatic heterocycles. The summed E-state index contributed by atoms with van der Waals surface area (Å²) < 4.78 is 24.9. The molecule has 0 aliphatic carbocycles. The molecule has 1 aromatic heterocycles. The first kappa shape index (κ1) is 35.7. The van der Waals surface area contributed by atoms with Crippen molar-refractivity contribution in [2.75, 3.05) is 32.8 Å². The summed E-state index contributed by atoms with van der Waals surface area (Å²) in [6.07, 6.45) is 1.52. The zero-order valence-corrected chi connectivity index (χ0v) is 30.1. The van der Waals surface area contributed by atoms with Gasteiger partial charge in [0, 0.05) is 32.2 Å². The van der Waals surface area contributed by atoms with Gasteiger partial charge < -0.3 is 24.1 Å². The van der Waals surface area contributed by atoms with Gasteiger partial charge in [-0.2, -0.15) is 0 Å². The van der Waals surface area contributed by atoms with Crippen LogP contribution in [0.4, 0.5) is 0 Å². The molecule has 0 radical (unpaired) electrons. The predicted molar refractivity (Wildman–Crippen MR) is 207 cm³/mol. The fourth-order valence-electron chi connectivity index (χ4n) is 6.56. The number of amides is 1. The molecule has 53 heavy (non-hydrogen) atoms. The summed E-state index contributed by atoms with van der Waals surface area (Å²) in [4.78, 5) is 15.9. The van der Waals surface area contributed by atoms with Crippen molar-refractivity contribution in [3.8, 4) is 33.9 Å². The highest BCUT2D eigenvalue weighted by Gasteiger charge is 2.28. The van der Waals surface area contributed by atoms with Crippen molar-refractivity contribution in [1.82, 2.24) is 15.4 Å². The monoisotopic (exact) mass is 707 g/mol. The van der Waals surface area contributed by atoms with Crippen molar-refractivity contribution in [2.45, 2.75) is 39.5 Å². The molecule has 7 rings (SSSR count). The van der Waals surface area contributed by atoms with Crippen molar-refractivity contribution < 1.29 is 23.5 Å². The molecule has 0 bridgehead atoms. The summed E-state index contributed by atoms with van der Waals surface area (Å²) in [5.74, 6) is 1.47. The molecule has 6 aromatic rings. The van der Waals surface area contributed by atoms with Gasteiger partial charge in [0.1, 0.15) is 24.7 Å². The van der Waals surface area contributed by atoms with Crippen molar-refractivity contribution in [3.05, 3.63) is 161 Å². The van der Waals surface area contributed by atoms with Gasteiger partial charge in [0.2, 0.25) is 0 Å². The second-order valence-electron chi connectivity index (χ2n) is 13.2. The quantitative estimate of drug-likeness (QED) is 0.115. The van der Waals surface area contributed by atoms with Gasteiger partial charge in [-0.15, -0.1) is 0 Å². The Labute approximate surface area is 311 Å². The maximum atomic E-state index is 13.5. The van der Waals surface area contributed by atoms with E-state index < -0.39 is 0 Å². The molecule has 1 saturated heterocycles. The summed E-state index contributed by atoms with van der Waals surface area (Å²) in [5.41, 5.74) is 7.87. The van der Waals surface area contributed by atoms with E-state index in [1.165, 1.54) is 11.1 Å². The highest BCUT2D eigenvalue weighted by molar-refractivity contribution is 6.02. The first-order valence-electron chi connectivity index (χ1n) is 18.4. The second-order valence-corrected chi connectivity index (χ2v) is 13.2. The zero-order chi connectivity index (χ0) is 36.2. The van der Waals surface area contributed by atoms with Crippen LogP contribution in [0.25, 0.3) is 22.5 Å². The Bertz CT molecular complexity index is 2060. The maximum absolute atomic E-state index is 13.5. The first-order valence-corrected chi connectivity index (χ1v) is 18.4. The van der Waals surface area contributed by atoms with Crippen LogP contribution in [0.2, 0.25) is 0 Å². The fraction of sp³-hybridized carbons (Fsp3) is 0.244. The highest BCUT2D eigenvalue weighted by Crippen LogP contribution is 2.43. The maximum Gasteiger partial charge on any atom is 0.274 e. The molecule has 0 spiro atoms. The summed E-state index contributed by atoms with van der Waals surface area (Å²) in [7, 11) is 0. The lowest BCUT2D eigenvalue weighted by molar-refractivity contribution is 0.0342. The van der Waals surface area contributed by atoms with Gasteiger partial charge in [-0.1, -0.05) is 120 Å². The molecule has 0 atom stereocenters. The van der Waals surface area contributed by atoms with Crippen molar-refractivity contribution >= 4 is 5.91 Å². The van der Waals surface area contributed by atoms with E-state index in [4.69, 9.17) is 18.7 Å². The zero-order valence-electron chi connectivity index (χ0n) is 30.1. The van der Waals surface area contributed by atoms with E-state index in [0.29, 0.717) is 48.8 Å². The molecule has 2 heterocycles. The minimum atomic E-state index is -0.297. The predicted octanol–water partition coefficient (Wildman–Crippen LogP) is 8.53. The highest BCUT2D eigenvalue weighted by atomic mass is 16.5. The van der Waals surface area contributed by atoms with Crippen LogP contribution in [0.1, 0.15) is 45.2 Å². The number of aromatic nitrogens is 1. The Hall–Kier alpha value is -5.70. The van der Waals surface area contributed by atoms with Gasteiger partial charge >= 0.3 is 0 Å². The molecular formula is C45H45N3O5. The van der Waals surface area contributed by atoms with E-state index in [1.54, 1.807) is 0 Å². The van der Waals surface area contributed by atoms with E-state index in [1.807, 2.05) is 79.7 Å². The smallest absolute Gasteiger partial charge is 0.274 e. The summed E-state index contributed by atoms with van der Waals surface area (Å²) in [5, 5.41) is 7.31. The number of rotatable bonds is 15. The van der Waals surface area contributed by atoms with Gasteiger partial charge in [0.15, 0.2) is 11.5 Å². The van der Waals surface area contributed by atoms with Crippen LogP contribution < -0.4 is 14.8 Å². The van der Waals surface area contributed by atoms with Gasteiger partial charge in [-0.3, -0.25) is 9.69 Å². The Morgan fingerprint density at radius 3 is 1.94 bits per heavy atom. The molecule has 1 fully saturated rings. The normalized spacial score (nSPS) is 13.1. The van der Waals surface area contributed by atoms with Crippen molar-refractivity contribution in [1.29, 1.82) is 0 Å². The molecule has 1 N–H and O–H groups in total. The van der Waals surface area contributed by atoms with Gasteiger partial charge in [-0.25, -0.2) is 0 Å². The van der Waals surface area contributed by atoms with Crippen LogP contribution in [0.3, 0.4) is 0 Å². The third kappa shape index (κ3) is 9.21. The number of benzene rings is 5. The number of morpholine rings is 1.